The Labute approximate surface area is 166 Å². The first-order valence-corrected chi connectivity index (χ1v) is 10.2. The lowest BCUT2D eigenvalue weighted by molar-refractivity contribution is -0.129. The van der Waals surface area contributed by atoms with Gasteiger partial charge in [0.15, 0.2) is 0 Å². The van der Waals surface area contributed by atoms with Crippen LogP contribution in [-0.2, 0) is 9.59 Å². The van der Waals surface area contributed by atoms with Crippen LogP contribution in [0.15, 0.2) is 30.3 Å². The Morgan fingerprint density at radius 2 is 1.71 bits per heavy atom. The molecule has 7 heteroatoms. The maximum absolute atomic E-state index is 12.8. The van der Waals surface area contributed by atoms with E-state index in [0.29, 0.717) is 24.8 Å². The predicted molar refractivity (Wildman–Crippen MR) is 106 cm³/mol. The van der Waals surface area contributed by atoms with Crippen molar-refractivity contribution in [1.82, 2.24) is 16.1 Å². The Morgan fingerprint density at radius 3 is 2.39 bits per heavy atom. The molecule has 0 heterocycles. The van der Waals surface area contributed by atoms with Crippen LogP contribution in [0.4, 0.5) is 0 Å². The number of nitrogens with one attached hydrogen (secondary N) is 3. The highest BCUT2D eigenvalue weighted by Gasteiger charge is 2.24. The van der Waals surface area contributed by atoms with E-state index in [0.717, 1.165) is 32.1 Å². The number of hydrogen-bond donors (Lipinski definition) is 4. The third-order valence-corrected chi connectivity index (χ3v) is 5.13. The SMILES string of the molecule is O=C(CCCCC[C@@H](NC(=O)c1ccccc1)C(=O)NC1CCCCC1)NO. The summed E-state index contributed by atoms with van der Waals surface area (Å²) < 4.78 is 0. The van der Waals surface area contributed by atoms with Crippen molar-refractivity contribution < 1.29 is 19.6 Å². The van der Waals surface area contributed by atoms with Crippen molar-refractivity contribution in [3.05, 3.63) is 35.9 Å². The van der Waals surface area contributed by atoms with E-state index in [1.807, 2.05) is 6.07 Å². The molecule has 28 heavy (non-hydrogen) atoms. The normalized spacial score (nSPS) is 15.5. The summed E-state index contributed by atoms with van der Waals surface area (Å²) in [6.45, 7) is 0. The van der Waals surface area contributed by atoms with Crippen LogP contribution in [0, 0.1) is 0 Å². The number of unbranched alkanes of at least 4 members (excludes halogenated alkanes) is 2. The van der Waals surface area contributed by atoms with Crippen LogP contribution in [-0.4, -0.2) is 35.0 Å². The van der Waals surface area contributed by atoms with Crippen LogP contribution in [0.25, 0.3) is 0 Å². The summed E-state index contributed by atoms with van der Waals surface area (Å²) in [7, 11) is 0. The Kier molecular flexibility index (Phi) is 9.48. The lowest BCUT2D eigenvalue weighted by atomic mass is 9.95. The molecule has 7 nitrogen and oxygen atoms in total. The second-order valence-electron chi connectivity index (χ2n) is 7.37. The third-order valence-electron chi connectivity index (χ3n) is 5.13. The van der Waals surface area contributed by atoms with Crippen molar-refractivity contribution in [3.63, 3.8) is 0 Å². The number of hydroxylamine groups is 1. The molecule has 154 valence electrons. The van der Waals surface area contributed by atoms with Gasteiger partial charge in [-0.05, 0) is 37.8 Å². The Bertz CT molecular complexity index is 630. The van der Waals surface area contributed by atoms with Gasteiger partial charge in [-0.15, -0.1) is 0 Å². The zero-order valence-electron chi connectivity index (χ0n) is 16.3. The molecule has 0 aliphatic heterocycles. The summed E-state index contributed by atoms with van der Waals surface area (Å²) >= 11 is 0. The number of carbonyl (C=O) groups excluding carboxylic acids is 3. The first kappa shape index (κ1) is 21.9. The van der Waals surface area contributed by atoms with Crippen LogP contribution in [0.1, 0.15) is 74.6 Å². The number of hydrogen-bond acceptors (Lipinski definition) is 4. The fourth-order valence-electron chi connectivity index (χ4n) is 3.52. The van der Waals surface area contributed by atoms with Gasteiger partial charge in [-0.25, -0.2) is 5.48 Å². The van der Waals surface area contributed by atoms with Crippen molar-refractivity contribution in [2.24, 2.45) is 0 Å². The molecule has 2 rings (SSSR count). The lowest BCUT2D eigenvalue weighted by Gasteiger charge is -2.26. The first-order valence-electron chi connectivity index (χ1n) is 10.2. The smallest absolute Gasteiger partial charge is 0.251 e. The average Bonchev–Trinajstić information content (AvgIpc) is 2.73. The predicted octanol–water partition coefficient (Wildman–Crippen LogP) is 2.69. The molecule has 1 fully saturated rings. The van der Waals surface area contributed by atoms with Crippen LogP contribution in [0.5, 0.6) is 0 Å². The van der Waals surface area contributed by atoms with Gasteiger partial charge in [0.05, 0.1) is 0 Å². The van der Waals surface area contributed by atoms with E-state index in [-0.39, 0.29) is 24.3 Å². The lowest BCUT2D eigenvalue weighted by Crippen LogP contribution is -2.50. The number of carbonyl (C=O) groups is 3. The molecule has 1 aliphatic rings. The molecule has 0 radical (unpaired) electrons. The number of benzene rings is 1. The Balaban J connectivity index is 1.89. The summed E-state index contributed by atoms with van der Waals surface area (Å²) in [4.78, 5) is 36.3. The maximum Gasteiger partial charge on any atom is 0.251 e. The van der Waals surface area contributed by atoms with Crippen LogP contribution in [0.3, 0.4) is 0 Å². The van der Waals surface area contributed by atoms with Gasteiger partial charge in [0.25, 0.3) is 5.91 Å². The molecule has 0 saturated heterocycles. The highest BCUT2D eigenvalue weighted by molar-refractivity contribution is 5.97. The molecule has 1 atom stereocenters. The van der Waals surface area contributed by atoms with Crippen LogP contribution in [0.2, 0.25) is 0 Å². The quantitative estimate of drug-likeness (QED) is 0.280. The number of amides is 3. The summed E-state index contributed by atoms with van der Waals surface area (Å²) in [5.41, 5.74) is 2.14. The molecule has 1 aromatic rings. The second-order valence-corrected chi connectivity index (χ2v) is 7.37. The van der Waals surface area contributed by atoms with E-state index in [1.54, 1.807) is 29.7 Å². The van der Waals surface area contributed by atoms with Crippen molar-refractivity contribution in [2.45, 2.75) is 76.3 Å². The van der Waals surface area contributed by atoms with Crippen molar-refractivity contribution in [1.29, 1.82) is 0 Å². The van der Waals surface area contributed by atoms with Gasteiger partial charge in [-0.3, -0.25) is 19.6 Å². The van der Waals surface area contributed by atoms with E-state index in [2.05, 4.69) is 10.6 Å². The van der Waals surface area contributed by atoms with E-state index in [4.69, 9.17) is 5.21 Å². The molecule has 4 N–H and O–H groups in total. The van der Waals surface area contributed by atoms with Gasteiger partial charge >= 0.3 is 0 Å². The molecular formula is C21H31N3O4. The van der Waals surface area contributed by atoms with Gasteiger partial charge in [0, 0.05) is 18.0 Å². The topological polar surface area (TPSA) is 108 Å². The molecular weight excluding hydrogens is 358 g/mol. The molecule has 0 aromatic heterocycles. The standard InChI is InChI=1S/C21H31N3O4/c25-19(24-28)15-9-3-8-14-18(21(27)22-17-12-6-2-7-13-17)23-20(26)16-10-4-1-5-11-16/h1,4-5,10-11,17-18,28H,2-3,6-9,12-15H2,(H,22,27)(H,23,26)(H,24,25)/t18-/m1/s1. The molecule has 1 saturated carbocycles. The van der Waals surface area contributed by atoms with E-state index in [9.17, 15) is 14.4 Å². The zero-order valence-corrected chi connectivity index (χ0v) is 16.3. The fourth-order valence-corrected chi connectivity index (χ4v) is 3.52. The largest absolute Gasteiger partial charge is 0.352 e. The van der Waals surface area contributed by atoms with Crippen LogP contribution < -0.4 is 16.1 Å². The van der Waals surface area contributed by atoms with Crippen molar-refractivity contribution >= 4 is 17.7 Å². The van der Waals surface area contributed by atoms with Crippen molar-refractivity contribution in [2.75, 3.05) is 0 Å². The zero-order chi connectivity index (χ0) is 20.2. The van der Waals surface area contributed by atoms with Gasteiger partial charge in [-0.2, -0.15) is 0 Å². The summed E-state index contributed by atoms with van der Waals surface area (Å²) in [6, 6.07) is 8.45. The summed E-state index contributed by atoms with van der Waals surface area (Å²) in [5.74, 6) is -0.808. The highest BCUT2D eigenvalue weighted by atomic mass is 16.5. The monoisotopic (exact) mass is 389 g/mol. The summed E-state index contributed by atoms with van der Waals surface area (Å²) in [6.07, 6.45) is 8.25. The molecule has 0 unspecified atom stereocenters. The molecule has 3 amide bonds. The van der Waals surface area contributed by atoms with Gasteiger partial charge < -0.3 is 10.6 Å². The minimum Gasteiger partial charge on any atom is -0.352 e. The van der Waals surface area contributed by atoms with Crippen molar-refractivity contribution in [3.8, 4) is 0 Å². The van der Waals surface area contributed by atoms with E-state index >= 15 is 0 Å². The average molecular weight is 389 g/mol. The Hall–Kier alpha value is -2.41. The third kappa shape index (κ3) is 7.68. The van der Waals surface area contributed by atoms with Gasteiger partial charge in [-0.1, -0.05) is 50.3 Å². The molecule has 0 spiro atoms. The second kappa shape index (κ2) is 12.1. The first-order chi connectivity index (χ1) is 13.6. The highest BCUT2D eigenvalue weighted by Crippen LogP contribution is 2.18. The van der Waals surface area contributed by atoms with E-state index < -0.39 is 11.9 Å². The van der Waals surface area contributed by atoms with E-state index in [1.165, 1.54) is 6.42 Å². The molecule has 1 aliphatic carbocycles. The molecule has 0 bridgehead atoms. The molecule has 1 aromatic carbocycles. The van der Waals surface area contributed by atoms with Gasteiger partial charge in [0.1, 0.15) is 6.04 Å². The summed E-state index contributed by atoms with van der Waals surface area (Å²) in [5, 5.41) is 14.5. The maximum atomic E-state index is 12.8. The fraction of sp³-hybridized carbons (Fsp3) is 0.571. The minimum atomic E-state index is -0.596. The van der Waals surface area contributed by atoms with Crippen LogP contribution >= 0.6 is 0 Å². The Morgan fingerprint density at radius 1 is 1.00 bits per heavy atom. The van der Waals surface area contributed by atoms with Gasteiger partial charge in [0.2, 0.25) is 11.8 Å². The minimum absolute atomic E-state index is 0.135. The number of rotatable bonds is 10.